The van der Waals surface area contributed by atoms with Gasteiger partial charge in [0.1, 0.15) is 11.4 Å². The van der Waals surface area contributed by atoms with Gasteiger partial charge in [-0.1, -0.05) is 87.9 Å². The van der Waals surface area contributed by atoms with Gasteiger partial charge in [-0.15, -0.1) is 0 Å². The molecule has 60 heavy (non-hydrogen) atoms. The lowest BCUT2D eigenvalue weighted by atomic mass is 9.88. The number of epoxide rings is 1. The molecular formula is C47H70N4O8Si. The van der Waals surface area contributed by atoms with Crippen molar-refractivity contribution in [1.29, 1.82) is 0 Å². The van der Waals surface area contributed by atoms with E-state index >= 15 is 0 Å². The van der Waals surface area contributed by atoms with Gasteiger partial charge in [-0.2, -0.15) is 0 Å². The summed E-state index contributed by atoms with van der Waals surface area (Å²) < 4.78 is 5.44. The molecule has 2 fully saturated rings. The Morgan fingerprint density at radius 3 is 1.97 bits per heavy atom. The maximum Gasteiger partial charge on any atom is 0.224 e. The smallest absolute Gasteiger partial charge is 0.224 e. The topological polar surface area (TPSA) is 166 Å². The summed E-state index contributed by atoms with van der Waals surface area (Å²) >= 11 is 0. The van der Waals surface area contributed by atoms with E-state index in [0.717, 1.165) is 11.1 Å². The highest BCUT2D eigenvalue weighted by Crippen LogP contribution is 2.30. The molecule has 0 spiro atoms. The molecule has 330 valence electrons. The molecule has 12 nitrogen and oxygen atoms in total. The normalized spacial score (nSPS) is 18.9. The molecule has 5 atom stereocenters. The van der Waals surface area contributed by atoms with Crippen molar-refractivity contribution in [2.45, 2.75) is 129 Å². The third-order valence-electron chi connectivity index (χ3n) is 11.6. The van der Waals surface area contributed by atoms with Crippen LogP contribution in [-0.4, -0.2) is 115 Å². The summed E-state index contributed by atoms with van der Waals surface area (Å²) in [6, 6.07) is 18.3. The number of Topliss-reactive ketones (excluding diaryl/α,β-unsaturated/α-hetero) is 3. The van der Waals surface area contributed by atoms with E-state index in [1.54, 1.807) is 6.92 Å². The molecule has 2 saturated heterocycles. The van der Waals surface area contributed by atoms with Crippen LogP contribution in [0, 0.1) is 17.8 Å². The van der Waals surface area contributed by atoms with Crippen molar-refractivity contribution in [1.82, 2.24) is 20.4 Å². The predicted molar refractivity (Wildman–Crippen MR) is 235 cm³/mol. The summed E-state index contributed by atoms with van der Waals surface area (Å²) in [5.74, 6) is -2.53. The summed E-state index contributed by atoms with van der Waals surface area (Å²) in [5, 5.41) is 6.00. The number of amides is 3. The molecule has 0 radical (unpaired) electrons. The molecule has 2 aliphatic heterocycles. The number of ether oxygens (including phenoxy) is 1. The van der Waals surface area contributed by atoms with Crippen molar-refractivity contribution >= 4 is 43.4 Å². The summed E-state index contributed by atoms with van der Waals surface area (Å²) in [5.41, 5.74) is 1.00. The maximum absolute atomic E-state index is 14.2. The molecule has 0 aliphatic carbocycles. The first kappa shape index (κ1) is 48.6. The second-order valence-corrected chi connectivity index (χ2v) is 22.4. The number of ketones is 3. The minimum Gasteiger partial charge on any atom is -0.432 e. The quantitative estimate of drug-likeness (QED) is 0.0841. The molecule has 13 heteroatoms. The molecule has 2 aromatic carbocycles. The Hall–Kier alpha value is -4.04. The van der Waals surface area contributed by atoms with E-state index in [1.165, 1.54) is 0 Å². The first-order valence-corrected chi connectivity index (χ1v) is 25.3. The van der Waals surface area contributed by atoms with Crippen LogP contribution in [0.5, 0.6) is 0 Å². The Labute approximate surface area is 358 Å². The molecule has 2 aromatic rings. The highest BCUT2D eigenvalue weighted by atomic mass is 28.4. The molecule has 0 bridgehead atoms. The average Bonchev–Trinajstić information content (AvgIpc) is 3.96. The van der Waals surface area contributed by atoms with Gasteiger partial charge in [0.2, 0.25) is 17.7 Å². The lowest BCUT2D eigenvalue weighted by molar-refractivity contribution is -0.136. The fourth-order valence-corrected chi connectivity index (χ4v) is 8.97. The summed E-state index contributed by atoms with van der Waals surface area (Å²) in [7, 11) is -2.20. The fourth-order valence-electron chi connectivity index (χ4n) is 7.93. The zero-order valence-corrected chi connectivity index (χ0v) is 37.9. The van der Waals surface area contributed by atoms with Gasteiger partial charge in [-0.05, 0) is 81.6 Å². The van der Waals surface area contributed by atoms with Gasteiger partial charge < -0.3 is 25.1 Å². The lowest BCUT2D eigenvalue weighted by Crippen LogP contribution is -2.50. The van der Waals surface area contributed by atoms with Crippen LogP contribution in [0.15, 0.2) is 60.7 Å². The third kappa shape index (κ3) is 16.4. The molecule has 0 unspecified atom stereocenters. The Morgan fingerprint density at radius 2 is 1.40 bits per heavy atom. The Morgan fingerprint density at radius 1 is 0.817 bits per heavy atom. The van der Waals surface area contributed by atoms with Crippen molar-refractivity contribution in [2.24, 2.45) is 17.8 Å². The number of piperazine rings is 1. The molecule has 2 heterocycles. The van der Waals surface area contributed by atoms with Crippen molar-refractivity contribution < 1.29 is 38.3 Å². The number of carbonyl (C=O) groups excluding carboxylic acids is 6. The van der Waals surface area contributed by atoms with Crippen molar-refractivity contribution in [2.75, 3.05) is 39.3 Å². The van der Waals surface area contributed by atoms with Crippen LogP contribution in [-0.2, 0) is 46.3 Å². The van der Waals surface area contributed by atoms with E-state index < -0.39 is 37.8 Å². The van der Waals surface area contributed by atoms with Crippen LogP contribution < -0.4 is 10.6 Å². The van der Waals surface area contributed by atoms with Gasteiger partial charge in [0.25, 0.3) is 0 Å². The van der Waals surface area contributed by atoms with Crippen LogP contribution in [0.25, 0.3) is 0 Å². The first-order valence-electron chi connectivity index (χ1n) is 22.1. The van der Waals surface area contributed by atoms with Crippen LogP contribution in [0.1, 0.15) is 90.2 Å². The Kier molecular flexibility index (Phi) is 18.8. The molecule has 3 N–H and O–H groups in total. The Balaban J connectivity index is 1.43. The standard InChI is InChI=1S/C47H70N4O8Si/c1-7-15-40(42(53)31-38(29-36-18-12-9-13-19-36)46(57)49-41(28-34(2)3)44(55)47(4)33-59-47)48-45(56)37(22-21-35-16-10-8-11-17-35)30-39(52)32-50-23-25-51(26-24-50)43(54)20-14-27-60(5,6)58/h8-13,16-19,34,37-38,40-41,58H,7,14-15,20-33H2,1-6H3,(H,48,56)(H,49,57)/t37-,38-,40+,41+,47-/m1/s1. The van der Waals surface area contributed by atoms with Gasteiger partial charge in [0.05, 0.1) is 25.2 Å². The number of rotatable bonds is 26. The van der Waals surface area contributed by atoms with Crippen molar-refractivity contribution in [3.8, 4) is 0 Å². The van der Waals surface area contributed by atoms with Crippen molar-refractivity contribution in [3.05, 3.63) is 71.8 Å². The van der Waals surface area contributed by atoms with E-state index in [2.05, 4.69) is 10.6 Å². The highest BCUT2D eigenvalue weighted by molar-refractivity contribution is 6.69. The zero-order valence-electron chi connectivity index (χ0n) is 36.9. The van der Waals surface area contributed by atoms with Gasteiger partial charge in [-0.3, -0.25) is 33.7 Å². The number of aryl methyl sites for hydroxylation is 1. The van der Waals surface area contributed by atoms with Crippen molar-refractivity contribution in [3.63, 3.8) is 0 Å². The largest absolute Gasteiger partial charge is 0.432 e. The maximum atomic E-state index is 14.2. The summed E-state index contributed by atoms with van der Waals surface area (Å²) in [4.78, 5) is 96.2. The van der Waals surface area contributed by atoms with E-state index in [-0.39, 0.29) is 66.8 Å². The van der Waals surface area contributed by atoms with E-state index in [4.69, 9.17) is 4.74 Å². The molecule has 4 rings (SSSR count). The Bertz CT molecular complexity index is 1720. The fraction of sp³-hybridized carbons (Fsp3) is 0.617. The van der Waals surface area contributed by atoms with Crippen LogP contribution in [0.2, 0.25) is 19.1 Å². The van der Waals surface area contributed by atoms with Crippen LogP contribution in [0.3, 0.4) is 0 Å². The highest BCUT2D eigenvalue weighted by Gasteiger charge is 2.50. The number of nitrogens with one attached hydrogen (secondary N) is 2. The number of hydrogen-bond acceptors (Lipinski definition) is 9. The third-order valence-corrected chi connectivity index (χ3v) is 13.2. The molecule has 3 amide bonds. The minimum absolute atomic E-state index is 0.0125. The van der Waals surface area contributed by atoms with Crippen LogP contribution in [0.4, 0.5) is 0 Å². The monoisotopic (exact) mass is 846 g/mol. The molecule has 0 saturated carbocycles. The number of carbonyl (C=O) groups is 6. The lowest BCUT2D eigenvalue weighted by Gasteiger charge is -2.34. The van der Waals surface area contributed by atoms with E-state index in [0.29, 0.717) is 83.8 Å². The summed E-state index contributed by atoms with van der Waals surface area (Å²) in [6.45, 7) is 14.0. The van der Waals surface area contributed by atoms with E-state index in [1.807, 2.05) is 104 Å². The average molecular weight is 847 g/mol. The second-order valence-electron chi connectivity index (χ2n) is 18.3. The SMILES string of the molecule is CCC[C@H](NC(=O)[C@H](CCc1ccccc1)CC(=O)CN1CCN(C(=O)CCC[Si](C)(C)O)CC1)C(=O)C[C@@H](Cc1ccccc1)C(=O)N[C@@H](CC(C)C)C(=O)[C@@]1(C)CO1. The van der Waals surface area contributed by atoms with Gasteiger partial charge in [-0.25, -0.2) is 0 Å². The second kappa shape index (κ2) is 23.2. The molecular weight excluding hydrogens is 777 g/mol. The van der Waals surface area contributed by atoms with Gasteiger partial charge in [0, 0.05) is 57.3 Å². The number of benzene rings is 2. The predicted octanol–water partition coefficient (Wildman–Crippen LogP) is 5.31. The number of hydrogen-bond donors (Lipinski definition) is 3. The van der Waals surface area contributed by atoms with Gasteiger partial charge in [0.15, 0.2) is 19.9 Å². The molecule has 2 aliphatic rings. The van der Waals surface area contributed by atoms with Crippen LogP contribution >= 0.6 is 0 Å². The first-order chi connectivity index (χ1) is 28.5. The van der Waals surface area contributed by atoms with E-state index in [9.17, 15) is 33.6 Å². The number of nitrogens with zero attached hydrogens (tertiary/aromatic N) is 2. The van der Waals surface area contributed by atoms with Gasteiger partial charge >= 0.3 is 0 Å². The minimum atomic E-state index is -2.20. The summed E-state index contributed by atoms with van der Waals surface area (Å²) in [6.07, 6.45) is 3.65. The zero-order chi connectivity index (χ0) is 43.9. The molecule has 0 aromatic heterocycles.